The average Bonchev–Trinajstić information content (AvgIpc) is 3.39. The molecule has 6 rings (SSSR count). The number of ether oxygens (including phenoxy) is 2. The summed E-state index contributed by atoms with van der Waals surface area (Å²) in [6, 6.07) is 5.75. The van der Waals surface area contributed by atoms with Crippen LogP contribution in [0.2, 0.25) is 0 Å². The highest BCUT2D eigenvalue weighted by atomic mass is 19.1. The van der Waals surface area contributed by atoms with Crippen molar-refractivity contribution in [3.8, 4) is 17.0 Å². The zero-order valence-corrected chi connectivity index (χ0v) is 18.5. The molecule has 0 bridgehead atoms. The van der Waals surface area contributed by atoms with E-state index < -0.39 is 11.7 Å². The molecule has 2 fully saturated rings. The molecule has 2 aliphatic heterocycles. The van der Waals surface area contributed by atoms with Crippen molar-refractivity contribution < 1.29 is 13.9 Å². The van der Waals surface area contributed by atoms with Crippen molar-refractivity contribution >= 4 is 17.1 Å². The minimum absolute atomic E-state index is 0.323. The van der Waals surface area contributed by atoms with Gasteiger partial charge >= 0.3 is 0 Å². The van der Waals surface area contributed by atoms with Gasteiger partial charge in [-0.25, -0.2) is 18.4 Å². The maximum Gasteiger partial charge on any atom is 0.244 e. The van der Waals surface area contributed by atoms with Gasteiger partial charge in [-0.05, 0) is 31.5 Å². The number of alkyl halides is 1. The van der Waals surface area contributed by atoms with Crippen LogP contribution in [0.5, 0.6) is 5.88 Å². The van der Waals surface area contributed by atoms with Crippen LogP contribution in [0.15, 0.2) is 36.9 Å². The zero-order valence-electron chi connectivity index (χ0n) is 18.5. The van der Waals surface area contributed by atoms with Crippen molar-refractivity contribution in [2.24, 2.45) is 0 Å². The number of nitrogens with one attached hydrogen (secondary N) is 1. The standard InChI is InChI=1S/C22H25FN8O2/c1-22(23)12-29(15-10-33-11-15)7-6-17(22)26-21-27-20(32-2)19-16(5-8-30(19)28-21)14-3-4-18-24-13-25-31(18)9-14/h3-5,8-9,13,15,17H,6-7,10-12H2,1-2H3,(H,26,28)/t17-,22?/m1/s1. The third kappa shape index (κ3) is 3.47. The van der Waals surface area contributed by atoms with Crippen molar-refractivity contribution in [2.75, 3.05) is 38.7 Å². The fourth-order valence-corrected chi connectivity index (χ4v) is 4.71. The molecule has 1 unspecified atom stereocenters. The molecule has 11 heteroatoms. The second-order valence-electron chi connectivity index (χ2n) is 8.87. The molecule has 10 nitrogen and oxygen atoms in total. The lowest BCUT2D eigenvalue weighted by Gasteiger charge is -2.46. The number of aromatic nitrogens is 6. The Kier molecular flexibility index (Phi) is 4.70. The second kappa shape index (κ2) is 7.63. The van der Waals surface area contributed by atoms with E-state index in [2.05, 4.69) is 30.4 Å². The molecule has 2 aliphatic rings. The number of fused-ring (bicyclic) bond motifs is 2. The van der Waals surface area contributed by atoms with Crippen LogP contribution in [0.25, 0.3) is 22.3 Å². The Morgan fingerprint density at radius 1 is 1.24 bits per heavy atom. The normalized spacial score (nSPS) is 24.3. The molecule has 2 atom stereocenters. The summed E-state index contributed by atoms with van der Waals surface area (Å²) in [6.45, 7) is 4.18. The third-order valence-corrected chi connectivity index (χ3v) is 6.64. The first-order valence-corrected chi connectivity index (χ1v) is 11.0. The van der Waals surface area contributed by atoms with Crippen LogP contribution in [-0.2, 0) is 4.74 Å². The maximum atomic E-state index is 15.6. The van der Waals surface area contributed by atoms with E-state index in [-0.39, 0.29) is 0 Å². The first kappa shape index (κ1) is 20.3. The first-order valence-electron chi connectivity index (χ1n) is 11.0. The third-order valence-electron chi connectivity index (χ3n) is 6.64. The Hall–Kier alpha value is -3.31. The highest BCUT2D eigenvalue weighted by molar-refractivity contribution is 5.84. The van der Waals surface area contributed by atoms with Gasteiger partial charge in [-0.2, -0.15) is 10.1 Å². The van der Waals surface area contributed by atoms with E-state index in [1.807, 2.05) is 30.6 Å². The topological polar surface area (TPSA) is 94.1 Å². The number of halogens is 1. The Bertz CT molecular complexity index is 1310. The van der Waals surface area contributed by atoms with Gasteiger partial charge in [-0.3, -0.25) is 4.90 Å². The van der Waals surface area contributed by atoms with E-state index in [0.29, 0.717) is 44.0 Å². The predicted octanol–water partition coefficient (Wildman–Crippen LogP) is 2.06. The summed E-state index contributed by atoms with van der Waals surface area (Å²) in [5.74, 6) is 0.748. The lowest BCUT2D eigenvalue weighted by atomic mass is 9.89. The Balaban J connectivity index is 1.30. The van der Waals surface area contributed by atoms with Gasteiger partial charge in [0.15, 0.2) is 5.65 Å². The summed E-state index contributed by atoms with van der Waals surface area (Å²) >= 11 is 0. The largest absolute Gasteiger partial charge is 0.479 e. The summed E-state index contributed by atoms with van der Waals surface area (Å²) in [7, 11) is 1.57. The molecule has 0 aromatic carbocycles. The number of piperidine rings is 1. The molecular weight excluding hydrogens is 427 g/mol. The predicted molar refractivity (Wildman–Crippen MR) is 119 cm³/mol. The molecule has 0 radical (unpaired) electrons. The minimum atomic E-state index is -1.42. The quantitative estimate of drug-likeness (QED) is 0.492. The molecule has 172 valence electrons. The van der Waals surface area contributed by atoms with E-state index in [1.165, 1.54) is 6.33 Å². The van der Waals surface area contributed by atoms with Crippen molar-refractivity contribution in [1.82, 2.24) is 34.1 Å². The van der Waals surface area contributed by atoms with Gasteiger partial charge < -0.3 is 14.8 Å². The number of methoxy groups -OCH3 is 1. The molecule has 1 N–H and O–H groups in total. The fraction of sp³-hybridized carbons (Fsp3) is 0.455. The van der Waals surface area contributed by atoms with E-state index >= 15 is 4.39 Å². The van der Waals surface area contributed by atoms with Gasteiger partial charge in [0, 0.05) is 36.6 Å². The average molecular weight is 452 g/mol. The van der Waals surface area contributed by atoms with Gasteiger partial charge in [0.2, 0.25) is 11.8 Å². The smallest absolute Gasteiger partial charge is 0.244 e. The van der Waals surface area contributed by atoms with Crippen LogP contribution in [0.4, 0.5) is 10.3 Å². The number of hydrogen-bond donors (Lipinski definition) is 1. The highest BCUT2D eigenvalue weighted by Crippen LogP contribution is 2.33. The Labute approximate surface area is 189 Å². The van der Waals surface area contributed by atoms with E-state index in [1.54, 1.807) is 23.1 Å². The van der Waals surface area contributed by atoms with Crippen LogP contribution >= 0.6 is 0 Å². The molecule has 33 heavy (non-hydrogen) atoms. The van der Waals surface area contributed by atoms with Gasteiger partial charge in [0.25, 0.3) is 0 Å². The fourth-order valence-electron chi connectivity index (χ4n) is 4.71. The van der Waals surface area contributed by atoms with Gasteiger partial charge in [-0.15, -0.1) is 5.10 Å². The van der Waals surface area contributed by atoms with E-state index in [9.17, 15) is 0 Å². The summed E-state index contributed by atoms with van der Waals surface area (Å²) in [4.78, 5) is 10.9. The van der Waals surface area contributed by atoms with Crippen LogP contribution in [0.3, 0.4) is 0 Å². The lowest BCUT2D eigenvalue weighted by molar-refractivity contribution is -0.0924. The van der Waals surface area contributed by atoms with E-state index in [4.69, 9.17) is 9.47 Å². The van der Waals surface area contributed by atoms with E-state index in [0.717, 1.165) is 28.8 Å². The van der Waals surface area contributed by atoms with Gasteiger partial charge in [-0.1, -0.05) is 0 Å². The van der Waals surface area contributed by atoms with Crippen molar-refractivity contribution in [3.05, 3.63) is 36.9 Å². The van der Waals surface area contributed by atoms with Crippen molar-refractivity contribution in [2.45, 2.75) is 31.1 Å². The summed E-state index contributed by atoms with van der Waals surface area (Å²) < 4.78 is 29.9. The number of anilines is 1. The maximum absolute atomic E-state index is 15.6. The van der Waals surface area contributed by atoms with Crippen LogP contribution < -0.4 is 10.1 Å². The monoisotopic (exact) mass is 452 g/mol. The van der Waals surface area contributed by atoms with Crippen LogP contribution in [0.1, 0.15) is 13.3 Å². The molecule has 4 aromatic rings. The molecule has 2 saturated heterocycles. The van der Waals surface area contributed by atoms with Gasteiger partial charge in [0.1, 0.15) is 17.5 Å². The molecule has 0 aliphatic carbocycles. The summed E-state index contributed by atoms with van der Waals surface area (Å²) in [5, 5.41) is 12.0. The number of nitrogens with zero attached hydrogens (tertiary/aromatic N) is 7. The number of hydrogen-bond acceptors (Lipinski definition) is 8. The number of likely N-dealkylation sites (tertiary alicyclic amines) is 1. The lowest BCUT2D eigenvalue weighted by Crippen LogP contribution is -2.61. The molecule has 0 saturated carbocycles. The molecule has 0 amide bonds. The summed E-state index contributed by atoms with van der Waals surface area (Å²) in [5.41, 5.74) is 1.91. The minimum Gasteiger partial charge on any atom is -0.479 e. The first-order chi connectivity index (χ1) is 16.0. The molecule has 6 heterocycles. The number of rotatable bonds is 5. The Morgan fingerprint density at radius 2 is 2.12 bits per heavy atom. The van der Waals surface area contributed by atoms with Crippen LogP contribution in [-0.4, -0.2) is 85.3 Å². The Morgan fingerprint density at radius 3 is 2.88 bits per heavy atom. The van der Waals surface area contributed by atoms with Crippen LogP contribution in [0, 0.1) is 0 Å². The molecular formula is C22H25FN8O2. The molecule has 4 aromatic heterocycles. The van der Waals surface area contributed by atoms with Crippen molar-refractivity contribution in [1.29, 1.82) is 0 Å². The second-order valence-corrected chi connectivity index (χ2v) is 8.87. The summed E-state index contributed by atoms with van der Waals surface area (Å²) in [6.07, 6.45) is 5.92. The van der Waals surface area contributed by atoms with Gasteiger partial charge in [0.05, 0.1) is 32.4 Å². The molecule has 0 spiro atoms. The zero-order chi connectivity index (χ0) is 22.6. The van der Waals surface area contributed by atoms with Crippen molar-refractivity contribution in [3.63, 3.8) is 0 Å². The SMILES string of the molecule is COc1nc(N[C@@H]2CCN(C3COC3)CC2(C)F)nn2ccc(-c3ccc4ncnn4c3)c12. The highest BCUT2D eigenvalue weighted by Gasteiger charge is 2.43. The number of pyridine rings is 1.